The highest BCUT2D eigenvalue weighted by Gasteiger charge is 2.38. The van der Waals surface area contributed by atoms with E-state index < -0.39 is 0 Å². The molecule has 3 heterocycles. The average molecular weight is 393 g/mol. The lowest BCUT2D eigenvalue weighted by Gasteiger charge is -2.35. The molecule has 1 aromatic heterocycles. The molecule has 2 aliphatic heterocycles. The third-order valence-electron chi connectivity index (χ3n) is 5.81. The van der Waals surface area contributed by atoms with E-state index in [1.807, 2.05) is 18.7 Å². The standard InChI is InChI=1S/C22H27N5O2/c1-15-11-16(2)20(17(3)12-15)27-14-18(13-19(27)28)21(29)25-7-9-26(10-8-25)22-23-5-4-6-24-22/h4-6,11-12,18H,7-10,13-14H2,1-3H3. The molecule has 2 aromatic rings. The van der Waals surface area contributed by atoms with Gasteiger partial charge in [0.1, 0.15) is 0 Å². The summed E-state index contributed by atoms with van der Waals surface area (Å²) < 4.78 is 0. The van der Waals surface area contributed by atoms with Gasteiger partial charge in [-0.3, -0.25) is 9.59 Å². The number of hydrogen-bond acceptors (Lipinski definition) is 5. The molecule has 2 aliphatic rings. The van der Waals surface area contributed by atoms with Crippen LogP contribution >= 0.6 is 0 Å². The fraction of sp³-hybridized carbons (Fsp3) is 0.455. The van der Waals surface area contributed by atoms with Crippen molar-refractivity contribution in [3.05, 3.63) is 47.3 Å². The molecular weight excluding hydrogens is 366 g/mol. The molecule has 1 aromatic carbocycles. The Morgan fingerprint density at radius 3 is 2.24 bits per heavy atom. The zero-order chi connectivity index (χ0) is 20.5. The van der Waals surface area contributed by atoms with Crippen molar-refractivity contribution in [1.82, 2.24) is 14.9 Å². The minimum absolute atomic E-state index is 0.0368. The van der Waals surface area contributed by atoms with Gasteiger partial charge in [0.05, 0.1) is 5.92 Å². The second-order valence-corrected chi connectivity index (χ2v) is 8.01. The monoisotopic (exact) mass is 393 g/mol. The molecule has 1 atom stereocenters. The fourth-order valence-corrected chi connectivity index (χ4v) is 4.53. The van der Waals surface area contributed by atoms with Crippen LogP contribution in [-0.2, 0) is 9.59 Å². The number of piperazine rings is 1. The molecule has 1 unspecified atom stereocenters. The molecule has 7 heteroatoms. The van der Waals surface area contributed by atoms with Crippen LogP contribution in [0.15, 0.2) is 30.6 Å². The summed E-state index contributed by atoms with van der Waals surface area (Å²) in [6.45, 7) is 9.25. The maximum atomic E-state index is 13.1. The van der Waals surface area contributed by atoms with Gasteiger partial charge >= 0.3 is 0 Å². The summed E-state index contributed by atoms with van der Waals surface area (Å²) in [7, 11) is 0. The quantitative estimate of drug-likeness (QED) is 0.799. The number of rotatable bonds is 3. The molecule has 0 radical (unpaired) electrons. The van der Waals surface area contributed by atoms with Gasteiger partial charge in [0.15, 0.2) is 0 Å². The van der Waals surface area contributed by atoms with Gasteiger partial charge in [0.25, 0.3) is 0 Å². The third-order valence-corrected chi connectivity index (χ3v) is 5.81. The minimum Gasteiger partial charge on any atom is -0.339 e. The zero-order valence-corrected chi connectivity index (χ0v) is 17.3. The molecule has 2 fully saturated rings. The Labute approximate surface area is 171 Å². The van der Waals surface area contributed by atoms with E-state index in [0.29, 0.717) is 38.7 Å². The molecule has 0 saturated carbocycles. The topological polar surface area (TPSA) is 69.6 Å². The molecule has 4 rings (SSSR count). The number of carbonyl (C=O) groups is 2. The first-order valence-electron chi connectivity index (χ1n) is 10.1. The lowest BCUT2D eigenvalue weighted by Crippen LogP contribution is -2.51. The van der Waals surface area contributed by atoms with E-state index in [-0.39, 0.29) is 24.2 Å². The molecule has 7 nitrogen and oxygen atoms in total. The van der Waals surface area contributed by atoms with Gasteiger partial charge in [-0.15, -0.1) is 0 Å². The first-order valence-corrected chi connectivity index (χ1v) is 10.1. The van der Waals surface area contributed by atoms with Crippen LogP contribution in [0.4, 0.5) is 11.6 Å². The van der Waals surface area contributed by atoms with E-state index in [4.69, 9.17) is 0 Å². The lowest BCUT2D eigenvalue weighted by atomic mass is 10.0. The Kier molecular flexibility index (Phi) is 5.22. The van der Waals surface area contributed by atoms with E-state index in [9.17, 15) is 9.59 Å². The predicted molar refractivity (Wildman–Crippen MR) is 112 cm³/mol. The highest BCUT2D eigenvalue weighted by molar-refractivity contribution is 6.01. The molecule has 2 amide bonds. The van der Waals surface area contributed by atoms with Crippen LogP contribution in [0.3, 0.4) is 0 Å². The normalized spacial score (nSPS) is 19.8. The van der Waals surface area contributed by atoms with E-state index in [0.717, 1.165) is 16.8 Å². The molecule has 29 heavy (non-hydrogen) atoms. The lowest BCUT2D eigenvalue weighted by molar-refractivity contribution is -0.136. The van der Waals surface area contributed by atoms with Crippen LogP contribution in [0, 0.1) is 26.7 Å². The van der Waals surface area contributed by atoms with Crippen LogP contribution < -0.4 is 9.80 Å². The van der Waals surface area contributed by atoms with Gasteiger partial charge < -0.3 is 14.7 Å². The third kappa shape index (κ3) is 3.81. The van der Waals surface area contributed by atoms with E-state index in [1.165, 1.54) is 5.56 Å². The molecular formula is C22H27N5O2. The summed E-state index contributed by atoms with van der Waals surface area (Å²) in [4.78, 5) is 40.2. The van der Waals surface area contributed by atoms with Gasteiger partial charge in [-0.1, -0.05) is 17.7 Å². The zero-order valence-electron chi connectivity index (χ0n) is 17.3. The molecule has 152 valence electrons. The summed E-state index contributed by atoms with van der Waals surface area (Å²) in [6.07, 6.45) is 3.74. The Balaban J connectivity index is 1.42. The number of aromatic nitrogens is 2. The summed E-state index contributed by atoms with van der Waals surface area (Å²) in [5.74, 6) is 0.542. The van der Waals surface area contributed by atoms with Crippen LogP contribution in [0.5, 0.6) is 0 Å². The van der Waals surface area contributed by atoms with Gasteiger partial charge in [-0.2, -0.15) is 0 Å². The highest BCUT2D eigenvalue weighted by atomic mass is 16.2. The van der Waals surface area contributed by atoms with Gasteiger partial charge in [-0.05, 0) is 38.0 Å². The smallest absolute Gasteiger partial charge is 0.228 e. The van der Waals surface area contributed by atoms with Crippen LogP contribution in [0.25, 0.3) is 0 Å². The second-order valence-electron chi connectivity index (χ2n) is 8.01. The van der Waals surface area contributed by atoms with Crippen LogP contribution in [0.1, 0.15) is 23.1 Å². The number of amides is 2. The number of aryl methyl sites for hydroxylation is 3. The van der Waals surface area contributed by atoms with Crippen molar-refractivity contribution < 1.29 is 9.59 Å². The summed E-state index contributed by atoms with van der Waals surface area (Å²) in [5.41, 5.74) is 4.31. The molecule has 0 bridgehead atoms. The first kappa shape index (κ1) is 19.4. The van der Waals surface area contributed by atoms with Crippen molar-refractivity contribution in [2.75, 3.05) is 42.5 Å². The van der Waals surface area contributed by atoms with Crippen molar-refractivity contribution in [2.24, 2.45) is 5.92 Å². The second kappa shape index (κ2) is 7.81. The van der Waals surface area contributed by atoms with Gasteiger partial charge in [0.2, 0.25) is 17.8 Å². The largest absolute Gasteiger partial charge is 0.339 e. The van der Waals surface area contributed by atoms with E-state index in [2.05, 4.69) is 33.9 Å². The summed E-state index contributed by atoms with van der Waals surface area (Å²) in [6, 6.07) is 5.98. The fourth-order valence-electron chi connectivity index (χ4n) is 4.53. The molecule has 0 spiro atoms. The minimum atomic E-state index is -0.276. The highest BCUT2D eigenvalue weighted by Crippen LogP contribution is 2.32. The molecule has 0 N–H and O–H groups in total. The van der Waals surface area contributed by atoms with Crippen molar-refractivity contribution in [2.45, 2.75) is 27.2 Å². The Morgan fingerprint density at radius 1 is 1.00 bits per heavy atom. The number of hydrogen-bond donors (Lipinski definition) is 0. The Morgan fingerprint density at radius 2 is 1.62 bits per heavy atom. The van der Waals surface area contributed by atoms with Gasteiger partial charge in [0, 0.05) is 57.2 Å². The van der Waals surface area contributed by atoms with Crippen molar-refractivity contribution >= 4 is 23.5 Å². The SMILES string of the molecule is Cc1cc(C)c(N2CC(C(=O)N3CCN(c4ncccn4)CC3)CC2=O)c(C)c1. The van der Waals surface area contributed by atoms with Crippen LogP contribution in [0.2, 0.25) is 0 Å². The Hall–Kier alpha value is -2.96. The number of carbonyl (C=O) groups excluding carboxylic acids is 2. The molecule has 2 saturated heterocycles. The predicted octanol–water partition coefficient (Wildman–Crippen LogP) is 2.10. The van der Waals surface area contributed by atoms with Crippen molar-refractivity contribution in [3.63, 3.8) is 0 Å². The summed E-state index contributed by atoms with van der Waals surface area (Å²) in [5, 5.41) is 0. The maximum Gasteiger partial charge on any atom is 0.228 e. The first-order chi connectivity index (χ1) is 13.9. The summed E-state index contributed by atoms with van der Waals surface area (Å²) >= 11 is 0. The van der Waals surface area contributed by atoms with Gasteiger partial charge in [-0.25, -0.2) is 9.97 Å². The van der Waals surface area contributed by atoms with Crippen molar-refractivity contribution in [1.29, 1.82) is 0 Å². The molecule has 0 aliphatic carbocycles. The van der Waals surface area contributed by atoms with Crippen molar-refractivity contribution in [3.8, 4) is 0 Å². The maximum absolute atomic E-state index is 13.1. The van der Waals surface area contributed by atoms with Crippen LogP contribution in [-0.4, -0.2) is 59.4 Å². The number of anilines is 2. The number of nitrogens with zero attached hydrogens (tertiary/aromatic N) is 5. The number of benzene rings is 1. The average Bonchev–Trinajstić information content (AvgIpc) is 3.09. The van der Waals surface area contributed by atoms with E-state index >= 15 is 0 Å². The van der Waals surface area contributed by atoms with E-state index in [1.54, 1.807) is 23.4 Å². The Bertz CT molecular complexity index is 899.